The molecule has 1 heterocycles. The van der Waals surface area contributed by atoms with Crippen LogP contribution in [0.25, 0.3) is 10.9 Å². The fourth-order valence-electron chi connectivity index (χ4n) is 2.88. The van der Waals surface area contributed by atoms with Gasteiger partial charge in [-0.25, -0.2) is 13.2 Å². The van der Waals surface area contributed by atoms with Crippen LogP contribution < -0.4 is 0 Å². The van der Waals surface area contributed by atoms with Crippen molar-refractivity contribution in [3.05, 3.63) is 66.5 Å². The maximum absolute atomic E-state index is 13.6. The van der Waals surface area contributed by atoms with Gasteiger partial charge in [0.05, 0.1) is 26.5 Å². The van der Waals surface area contributed by atoms with Crippen LogP contribution in [0.15, 0.2) is 28.7 Å². The zero-order chi connectivity index (χ0) is 20.7. The fraction of sp³-hybridized carbons (Fsp3) is 0.176. The number of benzene rings is 2. The van der Waals surface area contributed by atoms with Gasteiger partial charge < -0.3 is 0 Å². The van der Waals surface area contributed by atoms with Crippen molar-refractivity contribution in [2.75, 3.05) is 0 Å². The molecule has 0 radical (unpaired) electrons. The third-order valence-corrected chi connectivity index (χ3v) is 5.22. The number of hydrogen-bond donors (Lipinski definition) is 0. The normalized spacial score (nSPS) is 11.4. The Morgan fingerprint density at radius 2 is 2.07 bits per heavy atom. The molecule has 0 aliphatic carbocycles. The average Bonchev–Trinajstić information content (AvgIpc) is 2.92. The SMILES string of the molecule is Cn1nc2c(Br)c(C(=O)c3cc(F)ccc3Cl)c([N+](=O)[O-])cc2c1CC(F)F. The van der Waals surface area contributed by atoms with Crippen molar-refractivity contribution in [1.82, 2.24) is 9.78 Å². The lowest BCUT2D eigenvalue weighted by Crippen LogP contribution is -2.08. The first-order valence-corrected chi connectivity index (χ1v) is 8.89. The Morgan fingerprint density at radius 1 is 1.39 bits per heavy atom. The van der Waals surface area contributed by atoms with Crippen molar-refractivity contribution in [2.45, 2.75) is 12.8 Å². The molecule has 0 saturated carbocycles. The number of halogens is 5. The fourth-order valence-corrected chi connectivity index (χ4v) is 3.76. The van der Waals surface area contributed by atoms with Crippen LogP contribution in [0.5, 0.6) is 0 Å². The minimum absolute atomic E-state index is 0.0573. The molecule has 0 amide bonds. The highest BCUT2D eigenvalue weighted by molar-refractivity contribution is 9.10. The molecule has 3 rings (SSSR count). The smallest absolute Gasteiger partial charge is 0.282 e. The van der Waals surface area contributed by atoms with Crippen LogP contribution in [0.2, 0.25) is 5.02 Å². The number of carbonyl (C=O) groups is 1. The first-order chi connectivity index (χ1) is 13.1. The molecular weight excluding hydrogens is 467 g/mol. The second kappa shape index (κ2) is 7.51. The van der Waals surface area contributed by atoms with Crippen LogP contribution in [-0.4, -0.2) is 26.9 Å². The zero-order valence-corrected chi connectivity index (χ0v) is 16.4. The molecule has 2 aromatic carbocycles. The van der Waals surface area contributed by atoms with E-state index >= 15 is 0 Å². The monoisotopic (exact) mass is 475 g/mol. The number of nitro benzene ring substituents is 1. The van der Waals surface area contributed by atoms with Crippen molar-refractivity contribution in [2.24, 2.45) is 7.05 Å². The van der Waals surface area contributed by atoms with E-state index in [9.17, 15) is 28.1 Å². The second-order valence-electron chi connectivity index (χ2n) is 5.86. The van der Waals surface area contributed by atoms with Crippen LogP contribution in [-0.2, 0) is 13.5 Å². The molecule has 0 fully saturated rings. The number of nitrogens with zero attached hydrogens (tertiary/aromatic N) is 3. The van der Waals surface area contributed by atoms with Gasteiger partial charge in [-0.2, -0.15) is 5.10 Å². The number of nitro groups is 1. The van der Waals surface area contributed by atoms with Gasteiger partial charge >= 0.3 is 0 Å². The first-order valence-electron chi connectivity index (χ1n) is 7.72. The molecule has 0 N–H and O–H groups in total. The molecule has 11 heteroatoms. The summed E-state index contributed by atoms with van der Waals surface area (Å²) in [5.41, 5.74) is -1.12. The molecular formula is C17H10BrClF3N3O3. The topological polar surface area (TPSA) is 78.0 Å². The Hall–Kier alpha value is -2.46. The maximum Gasteiger partial charge on any atom is 0.282 e. The van der Waals surface area contributed by atoms with Crippen molar-refractivity contribution in [1.29, 1.82) is 0 Å². The van der Waals surface area contributed by atoms with Gasteiger partial charge in [0.15, 0.2) is 0 Å². The molecule has 3 aromatic rings. The van der Waals surface area contributed by atoms with Gasteiger partial charge in [-0.05, 0) is 34.1 Å². The van der Waals surface area contributed by atoms with E-state index in [1.807, 2.05) is 0 Å². The number of fused-ring (bicyclic) bond motifs is 1. The van der Waals surface area contributed by atoms with Crippen molar-refractivity contribution in [3.63, 3.8) is 0 Å². The van der Waals surface area contributed by atoms with E-state index in [1.165, 1.54) is 11.7 Å². The summed E-state index contributed by atoms with van der Waals surface area (Å²) in [6, 6.07) is 4.09. The summed E-state index contributed by atoms with van der Waals surface area (Å²) in [5.74, 6) is -1.64. The van der Waals surface area contributed by atoms with Crippen molar-refractivity contribution >= 4 is 49.9 Å². The van der Waals surface area contributed by atoms with Crippen LogP contribution >= 0.6 is 27.5 Å². The molecule has 0 spiro atoms. The van der Waals surface area contributed by atoms with Gasteiger partial charge in [0, 0.05) is 24.1 Å². The largest absolute Gasteiger partial charge is 0.288 e. The van der Waals surface area contributed by atoms with E-state index in [0.717, 1.165) is 24.3 Å². The molecule has 0 aliphatic heterocycles. The zero-order valence-electron chi connectivity index (χ0n) is 14.1. The van der Waals surface area contributed by atoms with E-state index in [1.54, 1.807) is 0 Å². The third kappa shape index (κ3) is 3.49. The third-order valence-electron chi connectivity index (χ3n) is 4.12. The number of alkyl halides is 2. The van der Waals surface area contributed by atoms with E-state index < -0.39 is 40.6 Å². The van der Waals surface area contributed by atoms with Crippen molar-refractivity contribution in [3.8, 4) is 0 Å². The highest BCUT2D eigenvalue weighted by atomic mass is 79.9. The highest BCUT2D eigenvalue weighted by Gasteiger charge is 2.30. The highest BCUT2D eigenvalue weighted by Crippen LogP contribution is 2.38. The van der Waals surface area contributed by atoms with Gasteiger partial charge in [0.1, 0.15) is 16.9 Å². The Labute approximate surface area is 169 Å². The number of rotatable bonds is 5. The minimum Gasteiger partial charge on any atom is -0.288 e. The molecule has 1 aromatic heterocycles. The van der Waals surface area contributed by atoms with E-state index in [4.69, 9.17) is 11.6 Å². The molecule has 28 heavy (non-hydrogen) atoms. The Balaban J connectivity index is 2.32. The Morgan fingerprint density at radius 3 is 2.68 bits per heavy atom. The molecule has 6 nitrogen and oxygen atoms in total. The maximum atomic E-state index is 13.6. The summed E-state index contributed by atoms with van der Waals surface area (Å²) >= 11 is 9.08. The van der Waals surface area contributed by atoms with Gasteiger partial charge in [-0.1, -0.05) is 11.6 Å². The van der Waals surface area contributed by atoms with E-state index in [-0.39, 0.29) is 31.7 Å². The van der Waals surface area contributed by atoms with Crippen LogP contribution in [0, 0.1) is 15.9 Å². The molecule has 146 valence electrons. The van der Waals surface area contributed by atoms with E-state index in [2.05, 4.69) is 21.0 Å². The van der Waals surface area contributed by atoms with Crippen LogP contribution in [0.3, 0.4) is 0 Å². The summed E-state index contributed by atoms with van der Waals surface area (Å²) in [7, 11) is 1.42. The quantitative estimate of drug-likeness (QED) is 0.292. The number of aromatic nitrogens is 2. The Bertz CT molecular complexity index is 1130. The lowest BCUT2D eigenvalue weighted by molar-refractivity contribution is -0.385. The molecule has 0 aliphatic rings. The molecule has 0 saturated heterocycles. The molecule has 0 atom stereocenters. The summed E-state index contributed by atoms with van der Waals surface area (Å²) < 4.78 is 40.5. The number of aryl methyl sites for hydroxylation is 1. The summed E-state index contributed by atoms with van der Waals surface area (Å²) in [6.07, 6.45) is -3.36. The standard InChI is InChI=1S/C17H10BrClF3N3O3/c1-24-11(6-13(21)22)9-5-12(25(27)28)14(15(18)16(9)23-24)17(26)8-4-7(20)2-3-10(8)19/h2-5,13H,6H2,1H3. The summed E-state index contributed by atoms with van der Waals surface area (Å²) in [5, 5.41) is 15.7. The first kappa shape index (κ1) is 20.3. The predicted octanol–water partition coefficient (Wildman–Crippen LogP) is 5.08. The summed E-state index contributed by atoms with van der Waals surface area (Å²) in [6.45, 7) is 0. The lowest BCUT2D eigenvalue weighted by Gasteiger charge is -2.08. The predicted molar refractivity (Wildman–Crippen MR) is 99.6 cm³/mol. The Kier molecular flexibility index (Phi) is 5.44. The van der Waals surface area contributed by atoms with E-state index in [0.29, 0.717) is 0 Å². The number of carbonyl (C=O) groups excluding carboxylic acids is 1. The minimum atomic E-state index is -2.69. The summed E-state index contributed by atoms with van der Waals surface area (Å²) in [4.78, 5) is 23.7. The molecule has 0 unspecified atom stereocenters. The lowest BCUT2D eigenvalue weighted by atomic mass is 9.99. The van der Waals surface area contributed by atoms with Gasteiger partial charge in [0.25, 0.3) is 5.69 Å². The number of hydrogen-bond acceptors (Lipinski definition) is 4. The second-order valence-corrected chi connectivity index (χ2v) is 7.06. The van der Waals surface area contributed by atoms with Gasteiger partial charge in [-0.3, -0.25) is 19.6 Å². The average molecular weight is 477 g/mol. The van der Waals surface area contributed by atoms with Crippen LogP contribution in [0.1, 0.15) is 21.6 Å². The number of ketones is 1. The van der Waals surface area contributed by atoms with Crippen molar-refractivity contribution < 1.29 is 22.9 Å². The van der Waals surface area contributed by atoms with Gasteiger partial charge in [0.2, 0.25) is 12.2 Å². The molecule has 0 bridgehead atoms. The van der Waals surface area contributed by atoms with Gasteiger partial charge in [-0.15, -0.1) is 0 Å². The van der Waals surface area contributed by atoms with Crippen LogP contribution in [0.4, 0.5) is 18.9 Å².